The Morgan fingerprint density at radius 3 is 2.48 bits per heavy atom. The maximum absolute atomic E-state index is 4.84. The van der Waals surface area contributed by atoms with Crippen LogP contribution in [0.1, 0.15) is 27.5 Å². The van der Waals surface area contributed by atoms with Gasteiger partial charge in [0, 0.05) is 6.42 Å². The van der Waals surface area contributed by atoms with Crippen molar-refractivity contribution in [3.05, 3.63) is 81.6 Å². The first-order valence-corrected chi connectivity index (χ1v) is 10.8. The summed E-state index contributed by atoms with van der Waals surface area (Å²) in [7, 11) is 0. The second-order valence-corrected chi connectivity index (χ2v) is 8.74. The lowest BCUT2D eigenvalue weighted by Gasteiger charge is -2.04. The van der Waals surface area contributed by atoms with Crippen LogP contribution >= 0.6 is 22.7 Å². The predicted octanol–water partition coefficient (Wildman–Crippen LogP) is 6.64. The summed E-state index contributed by atoms with van der Waals surface area (Å²) in [4.78, 5) is 11.8. The molecule has 0 saturated heterocycles. The van der Waals surface area contributed by atoms with E-state index >= 15 is 0 Å². The summed E-state index contributed by atoms with van der Waals surface area (Å²) < 4.78 is 0. The molecule has 4 rings (SSSR count). The third kappa shape index (κ3) is 3.87. The molecule has 0 atom stereocenters. The monoisotopic (exact) mass is 390 g/mol. The lowest BCUT2D eigenvalue weighted by atomic mass is 10.1. The maximum Gasteiger partial charge on any atom is 0.0937 e. The SMILES string of the molecule is Cc1ccccc1-c1sc(CCc2cccc(-c3scnc3C)c2)nc1C. The topological polar surface area (TPSA) is 25.8 Å². The molecule has 0 aliphatic heterocycles. The van der Waals surface area contributed by atoms with E-state index in [1.54, 1.807) is 11.3 Å². The summed E-state index contributed by atoms with van der Waals surface area (Å²) in [6, 6.07) is 17.4. The van der Waals surface area contributed by atoms with Crippen LogP contribution in [0.5, 0.6) is 0 Å². The van der Waals surface area contributed by atoms with E-state index in [0.717, 1.165) is 24.2 Å². The number of hydrogen-bond acceptors (Lipinski definition) is 4. The molecule has 0 radical (unpaired) electrons. The first-order chi connectivity index (χ1) is 13.1. The minimum atomic E-state index is 0.975. The van der Waals surface area contributed by atoms with Gasteiger partial charge in [-0.3, -0.25) is 0 Å². The molecule has 0 aliphatic carbocycles. The lowest BCUT2D eigenvalue weighted by molar-refractivity contribution is 0.937. The second kappa shape index (κ2) is 7.75. The summed E-state index contributed by atoms with van der Waals surface area (Å²) in [5, 5.41) is 1.21. The zero-order valence-corrected chi connectivity index (χ0v) is 17.5. The van der Waals surface area contributed by atoms with Crippen molar-refractivity contribution >= 4 is 22.7 Å². The maximum atomic E-state index is 4.84. The Morgan fingerprint density at radius 1 is 0.852 bits per heavy atom. The minimum Gasteiger partial charge on any atom is -0.249 e. The van der Waals surface area contributed by atoms with Crippen LogP contribution in [0.4, 0.5) is 0 Å². The van der Waals surface area contributed by atoms with Gasteiger partial charge in [0.15, 0.2) is 0 Å². The molecule has 2 aromatic heterocycles. The molecule has 0 N–H and O–H groups in total. The second-order valence-electron chi connectivity index (χ2n) is 6.80. The van der Waals surface area contributed by atoms with Crippen LogP contribution in [-0.2, 0) is 12.8 Å². The van der Waals surface area contributed by atoms with Crippen molar-refractivity contribution in [1.29, 1.82) is 0 Å². The third-order valence-corrected chi connectivity index (χ3v) is 7.02. The van der Waals surface area contributed by atoms with E-state index in [0.29, 0.717) is 0 Å². The molecule has 4 aromatic rings. The standard InChI is InChI=1S/C23H22N2S2/c1-15-7-4-5-10-20(15)23-17(3)25-21(27-23)12-11-18-8-6-9-19(13-18)22-16(2)24-14-26-22/h4-10,13-14H,11-12H2,1-3H3. The van der Waals surface area contributed by atoms with Gasteiger partial charge in [-0.15, -0.1) is 22.7 Å². The normalized spacial score (nSPS) is 11.1. The number of benzene rings is 2. The van der Waals surface area contributed by atoms with Crippen LogP contribution in [0.25, 0.3) is 20.9 Å². The van der Waals surface area contributed by atoms with Crippen molar-refractivity contribution in [2.45, 2.75) is 33.6 Å². The van der Waals surface area contributed by atoms with E-state index < -0.39 is 0 Å². The Morgan fingerprint density at radius 2 is 1.70 bits per heavy atom. The van der Waals surface area contributed by atoms with Gasteiger partial charge in [-0.05, 0) is 49.4 Å². The average Bonchev–Trinajstić information content (AvgIpc) is 3.26. The molecule has 4 heteroatoms. The van der Waals surface area contributed by atoms with E-state index in [9.17, 15) is 0 Å². The van der Waals surface area contributed by atoms with Crippen LogP contribution in [0.2, 0.25) is 0 Å². The number of aromatic nitrogens is 2. The van der Waals surface area contributed by atoms with E-state index in [-0.39, 0.29) is 0 Å². The van der Waals surface area contributed by atoms with Crippen LogP contribution in [0.3, 0.4) is 0 Å². The van der Waals surface area contributed by atoms with Gasteiger partial charge in [0.1, 0.15) is 0 Å². The molecule has 2 aromatic carbocycles. The van der Waals surface area contributed by atoms with Crippen molar-refractivity contribution in [2.24, 2.45) is 0 Å². The molecule has 27 heavy (non-hydrogen) atoms. The Hall–Kier alpha value is -2.30. The zero-order valence-electron chi connectivity index (χ0n) is 15.8. The van der Waals surface area contributed by atoms with Crippen LogP contribution in [-0.4, -0.2) is 9.97 Å². The van der Waals surface area contributed by atoms with Gasteiger partial charge in [0.2, 0.25) is 0 Å². The number of hydrogen-bond donors (Lipinski definition) is 0. The number of aryl methyl sites for hydroxylation is 5. The van der Waals surface area contributed by atoms with E-state index in [4.69, 9.17) is 4.98 Å². The summed E-state index contributed by atoms with van der Waals surface area (Å²) >= 11 is 3.54. The fraction of sp³-hybridized carbons (Fsp3) is 0.217. The molecular weight excluding hydrogens is 368 g/mol. The number of thiazole rings is 2. The molecule has 136 valence electrons. The molecule has 0 spiro atoms. The van der Waals surface area contributed by atoms with Gasteiger partial charge < -0.3 is 0 Å². The van der Waals surface area contributed by atoms with E-state index in [2.05, 4.69) is 74.3 Å². The molecule has 0 fully saturated rings. The van der Waals surface area contributed by atoms with Crippen LogP contribution in [0.15, 0.2) is 54.0 Å². The first kappa shape index (κ1) is 18.1. The highest BCUT2D eigenvalue weighted by molar-refractivity contribution is 7.15. The molecular formula is C23H22N2S2. The van der Waals surface area contributed by atoms with Crippen molar-refractivity contribution < 1.29 is 0 Å². The van der Waals surface area contributed by atoms with Crippen molar-refractivity contribution in [3.8, 4) is 20.9 Å². The Balaban J connectivity index is 1.53. The molecule has 0 bridgehead atoms. The van der Waals surface area contributed by atoms with Gasteiger partial charge in [0.05, 0.1) is 31.7 Å². The summed E-state index contributed by atoms with van der Waals surface area (Å²) in [6.07, 6.45) is 1.98. The fourth-order valence-corrected chi connectivity index (χ4v) is 5.29. The smallest absolute Gasteiger partial charge is 0.0937 e. The van der Waals surface area contributed by atoms with Crippen LogP contribution in [0, 0.1) is 20.8 Å². The summed E-state index contributed by atoms with van der Waals surface area (Å²) in [6.45, 7) is 6.36. The van der Waals surface area contributed by atoms with E-state index in [1.165, 1.54) is 37.0 Å². The average molecular weight is 391 g/mol. The van der Waals surface area contributed by atoms with Gasteiger partial charge in [-0.25, -0.2) is 9.97 Å². The molecule has 0 amide bonds. The highest BCUT2D eigenvalue weighted by Gasteiger charge is 2.12. The van der Waals surface area contributed by atoms with Crippen molar-refractivity contribution in [3.63, 3.8) is 0 Å². The Labute approximate surface area is 168 Å². The third-order valence-electron chi connectivity index (χ3n) is 4.79. The quantitative estimate of drug-likeness (QED) is 0.381. The first-order valence-electron chi connectivity index (χ1n) is 9.13. The largest absolute Gasteiger partial charge is 0.249 e. The molecule has 0 saturated carbocycles. The molecule has 2 heterocycles. The van der Waals surface area contributed by atoms with Crippen molar-refractivity contribution in [2.75, 3.05) is 0 Å². The highest BCUT2D eigenvalue weighted by atomic mass is 32.1. The summed E-state index contributed by atoms with van der Waals surface area (Å²) in [5.41, 5.74) is 9.40. The number of rotatable bonds is 5. The van der Waals surface area contributed by atoms with Gasteiger partial charge in [-0.1, -0.05) is 48.5 Å². The molecule has 0 aliphatic rings. The Kier molecular flexibility index (Phi) is 5.19. The van der Waals surface area contributed by atoms with Gasteiger partial charge in [0.25, 0.3) is 0 Å². The summed E-state index contributed by atoms with van der Waals surface area (Å²) in [5.74, 6) is 0. The zero-order chi connectivity index (χ0) is 18.8. The van der Waals surface area contributed by atoms with Gasteiger partial charge in [-0.2, -0.15) is 0 Å². The predicted molar refractivity (Wildman–Crippen MR) is 117 cm³/mol. The number of nitrogens with zero attached hydrogens (tertiary/aromatic N) is 2. The fourth-order valence-electron chi connectivity index (χ4n) is 3.34. The van der Waals surface area contributed by atoms with Gasteiger partial charge >= 0.3 is 0 Å². The molecule has 2 nitrogen and oxygen atoms in total. The minimum absolute atomic E-state index is 0.975. The highest BCUT2D eigenvalue weighted by Crippen LogP contribution is 2.33. The van der Waals surface area contributed by atoms with Crippen molar-refractivity contribution in [1.82, 2.24) is 9.97 Å². The lowest BCUT2D eigenvalue weighted by Crippen LogP contribution is -1.91. The van der Waals surface area contributed by atoms with Crippen LogP contribution < -0.4 is 0 Å². The Bertz CT molecular complexity index is 1080. The van der Waals surface area contributed by atoms with E-state index in [1.807, 2.05) is 16.8 Å². The molecule has 0 unspecified atom stereocenters.